The molecule has 3 aliphatic carbocycles. The maximum Gasteiger partial charge on any atom is 0.152 e. The predicted octanol–water partition coefficient (Wildman–Crippen LogP) is 2.89. The van der Waals surface area contributed by atoms with E-state index in [1.165, 1.54) is 25.7 Å². The molecule has 0 heterocycles. The number of hydrogen-bond acceptors (Lipinski definition) is 2. The number of carbonyl (C=O) groups is 1. The molecule has 0 aromatic carbocycles. The lowest BCUT2D eigenvalue weighted by Crippen LogP contribution is -2.72. The first-order valence-electron chi connectivity index (χ1n) is 7.45. The molecule has 0 saturated heterocycles. The van der Waals surface area contributed by atoms with Crippen LogP contribution >= 0.6 is 0 Å². The SMILES string of the molecule is CC(=O)/C=C/CN(C)C12CCC(C)C1C1CCC12. The van der Waals surface area contributed by atoms with Crippen LogP contribution in [0.3, 0.4) is 0 Å². The van der Waals surface area contributed by atoms with E-state index in [-0.39, 0.29) is 5.78 Å². The molecule has 2 nitrogen and oxygen atoms in total. The van der Waals surface area contributed by atoms with E-state index in [4.69, 9.17) is 0 Å². The van der Waals surface area contributed by atoms with Gasteiger partial charge in [0.2, 0.25) is 0 Å². The van der Waals surface area contributed by atoms with Gasteiger partial charge in [-0.05, 0) is 69.4 Å². The van der Waals surface area contributed by atoms with Crippen LogP contribution in [0.5, 0.6) is 0 Å². The Kier molecular flexibility index (Phi) is 2.89. The van der Waals surface area contributed by atoms with Crippen LogP contribution in [-0.2, 0) is 4.79 Å². The van der Waals surface area contributed by atoms with Crippen LogP contribution in [0, 0.1) is 23.7 Å². The minimum absolute atomic E-state index is 0.160. The third kappa shape index (κ3) is 1.48. The maximum atomic E-state index is 11.0. The van der Waals surface area contributed by atoms with Crippen molar-refractivity contribution in [3.8, 4) is 0 Å². The third-order valence-electron chi connectivity index (χ3n) is 6.06. The highest BCUT2D eigenvalue weighted by molar-refractivity contribution is 5.87. The van der Waals surface area contributed by atoms with Gasteiger partial charge in [0, 0.05) is 12.1 Å². The highest BCUT2D eigenvalue weighted by Gasteiger charge is 2.69. The highest BCUT2D eigenvalue weighted by Crippen LogP contribution is 2.70. The summed E-state index contributed by atoms with van der Waals surface area (Å²) in [7, 11) is 2.27. The summed E-state index contributed by atoms with van der Waals surface area (Å²) < 4.78 is 0. The van der Waals surface area contributed by atoms with Crippen molar-refractivity contribution in [2.45, 2.75) is 45.1 Å². The van der Waals surface area contributed by atoms with Crippen molar-refractivity contribution >= 4 is 5.78 Å². The summed E-state index contributed by atoms with van der Waals surface area (Å²) in [6.45, 7) is 5.01. The number of allylic oxidation sites excluding steroid dienone is 1. The molecule has 0 aromatic heterocycles. The molecule has 2 heteroatoms. The lowest BCUT2D eigenvalue weighted by Gasteiger charge is -2.69. The summed E-state index contributed by atoms with van der Waals surface area (Å²) in [5, 5.41) is 0. The van der Waals surface area contributed by atoms with E-state index in [1.54, 1.807) is 13.0 Å². The second-order valence-electron chi connectivity index (χ2n) is 6.77. The summed E-state index contributed by atoms with van der Waals surface area (Å²) in [5.41, 5.74) is 0.490. The van der Waals surface area contributed by atoms with Gasteiger partial charge in [-0.3, -0.25) is 9.69 Å². The Labute approximate surface area is 110 Å². The fraction of sp³-hybridized carbons (Fsp3) is 0.812. The van der Waals surface area contributed by atoms with Crippen LogP contribution in [0.15, 0.2) is 12.2 Å². The van der Waals surface area contributed by atoms with Gasteiger partial charge in [-0.1, -0.05) is 13.0 Å². The minimum atomic E-state index is 0.160. The standard InChI is InChI=1S/C16H25NO/c1-11-8-9-16(14-7-6-13(14)15(11)16)17(3)10-4-5-12(2)18/h4-5,11,13-15H,6-10H2,1-3H3/b5-4+. The average molecular weight is 247 g/mol. The molecule has 0 spiro atoms. The Morgan fingerprint density at radius 1 is 1.39 bits per heavy atom. The Morgan fingerprint density at radius 2 is 2.17 bits per heavy atom. The molecule has 0 radical (unpaired) electrons. The number of likely N-dealkylation sites (N-methyl/N-ethyl adjacent to an activating group) is 1. The maximum absolute atomic E-state index is 11.0. The molecule has 3 aliphatic rings. The second kappa shape index (κ2) is 4.19. The first-order valence-corrected chi connectivity index (χ1v) is 7.45. The number of hydrogen-bond donors (Lipinski definition) is 0. The van der Waals surface area contributed by atoms with Gasteiger partial charge in [-0.25, -0.2) is 0 Å². The third-order valence-corrected chi connectivity index (χ3v) is 6.06. The van der Waals surface area contributed by atoms with Crippen molar-refractivity contribution in [2.24, 2.45) is 23.7 Å². The van der Waals surface area contributed by atoms with Crippen molar-refractivity contribution < 1.29 is 4.79 Å². The number of rotatable bonds is 4. The molecule has 3 saturated carbocycles. The molecule has 5 unspecified atom stereocenters. The van der Waals surface area contributed by atoms with E-state index in [9.17, 15) is 4.79 Å². The normalized spacial score (nSPS) is 45.6. The van der Waals surface area contributed by atoms with Crippen LogP contribution in [-0.4, -0.2) is 29.8 Å². The number of carbonyl (C=O) groups excluding carboxylic acids is 1. The van der Waals surface area contributed by atoms with Crippen molar-refractivity contribution in [1.29, 1.82) is 0 Å². The molecule has 5 atom stereocenters. The van der Waals surface area contributed by atoms with Gasteiger partial charge >= 0.3 is 0 Å². The predicted molar refractivity (Wildman–Crippen MR) is 73.3 cm³/mol. The molecule has 3 fully saturated rings. The summed E-state index contributed by atoms with van der Waals surface area (Å²) in [4.78, 5) is 13.5. The van der Waals surface area contributed by atoms with Crippen LogP contribution in [0.4, 0.5) is 0 Å². The summed E-state index contributed by atoms with van der Waals surface area (Å²) in [5.74, 6) is 4.00. The largest absolute Gasteiger partial charge is 0.296 e. The van der Waals surface area contributed by atoms with E-state index in [0.29, 0.717) is 5.54 Å². The van der Waals surface area contributed by atoms with Crippen molar-refractivity contribution in [3.63, 3.8) is 0 Å². The fourth-order valence-corrected chi connectivity index (χ4v) is 5.26. The van der Waals surface area contributed by atoms with Crippen molar-refractivity contribution in [2.75, 3.05) is 13.6 Å². The Bertz CT molecular complexity index is 389. The molecule has 0 bridgehead atoms. The number of ketones is 1. The number of nitrogens with zero attached hydrogens (tertiary/aromatic N) is 1. The van der Waals surface area contributed by atoms with Crippen LogP contribution < -0.4 is 0 Å². The van der Waals surface area contributed by atoms with Gasteiger partial charge in [0.05, 0.1) is 0 Å². The molecule has 0 N–H and O–H groups in total. The van der Waals surface area contributed by atoms with Crippen molar-refractivity contribution in [3.05, 3.63) is 12.2 Å². The Balaban J connectivity index is 1.72. The Hall–Kier alpha value is -0.630. The van der Waals surface area contributed by atoms with E-state index >= 15 is 0 Å². The summed E-state index contributed by atoms with van der Waals surface area (Å²) >= 11 is 0. The molecule has 18 heavy (non-hydrogen) atoms. The van der Waals surface area contributed by atoms with Crippen LogP contribution in [0.25, 0.3) is 0 Å². The van der Waals surface area contributed by atoms with Gasteiger partial charge in [-0.15, -0.1) is 0 Å². The molecule has 0 aromatic rings. The van der Waals surface area contributed by atoms with E-state index in [2.05, 4.69) is 18.9 Å². The summed E-state index contributed by atoms with van der Waals surface area (Å²) in [6, 6.07) is 0. The topological polar surface area (TPSA) is 20.3 Å². The lowest BCUT2D eigenvalue weighted by atomic mass is 9.42. The Morgan fingerprint density at radius 3 is 2.78 bits per heavy atom. The van der Waals surface area contributed by atoms with Gasteiger partial charge in [0.1, 0.15) is 0 Å². The van der Waals surface area contributed by atoms with Gasteiger partial charge in [0.25, 0.3) is 0 Å². The average Bonchev–Trinajstić information content (AvgIpc) is 2.54. The zero-order valence-electron chi connectivity index (χ0n) is 11.9. The fourth-order valence-electron chi connectivity index (χ4n) is 5.26. The summed E-state index contributed by atoms with van der Waals surface area (Å²) in [6.07, 6.45) is 9.45. The molecule has 0 aliphatic heterocycles. The monoisotopic (exact) mass is 247 g/mol. The second-order valence-corrected chi connectivity index (χ2v) is 6.77. The molecular formula is C16H25NO. The van der Waals surface area contributed by atoms with Crippen LogP contribution in [0.2, 0.25) is 0 Å². The molecule has 100 valence electrons. The lowest BCUT2D eigenvalue weighted by molar-refractivity contribution is -0.188. The molecule has 3 rings (SSSR count). The smallest absolute Gasteiger partial charge is 0.152 e. The molecule has 0 amide bonds. The van der Waals surface area contributed by atoms with Crippen LogP contribution in [0.1, 0.15) is 39.5 Å². The van der Waals surface area contributed by atoms with Gasteiger partial charge < -0.3 is 0 Å². The van der Waals surface area contributed by atoms with Crippen molar-refractivity contribution in [1.82, 2.24) is 4.90 Å². The van der Waals surface area contributed by atoms with Gasteiger partial charge in [0.15, 0.2) is 5.78 Å². The quantitative estimate of drug-likeness (QED) is 0.712. The minimum Gasteiger partial charge on any atom is -0.296 e. The molecular weight excluding hydrogens is 222 g/mol. The first-order chi connectivity index (χ1) is 8.57. The van der Waals surface area contributed by atoms with Gasteiger partial charge in [-0.2, -0.15) is 0 Å². The highest BCUT2D eigenvalue weighted by atomic mass is 16.1. The van der Waals surface area contributed by atoms with E-state index in [1.807, 2.05) is 6.08 Å². The van der Waals surface area contributed by atoms with E-state index in [0.717, 1.165) is 30.2 Å². The first kappa shape index (κ1) is 12.4. The number of fused-ring (bicyclic) bond motifs is 4. The van der Waals surface area contributed by atoms with E-state index < -0.39 is 0 Å². The zero-order chi connectivity index (χ0) is 12.9. The zero-order valence-corrected chi connectivity index (χ0v) is 11.9.